The zero-order valence-electron chi connectivity index (χ0n) is 12.0. The highest BCUT2D eigenvalue weighted by Crippen LogP contribution is 2.17. The molecule has 0 saturated heterocycles. The summed E-state index contributed by atoms with van der Waals surface area (Å²) in [4.78, 5) is 13.8. The molecule has 0 aliphatic carbocycles. The smallest absolute Gasteiger partial charge is 0.321 e. The molecule has 0 aliphatic heterocycles. The molecule has 0 saturated carbocycles. The van der Waals surface area contributed by atoms with Gasteiger partial charge in [-0.15, -0.1) is 0 Å². The molecule has 0 aromatic heterocycles. The molecule has 0 radical (unpaired) electrons. The second kappa shape index (κ2) is 8.18. The van der Waals surface area contributed by atoms with Crippen LogP contribution < -0.4 is 5.32 Å². The monoisotopic (exact) mass is 275 g/mol. The maximum absolute atomic E-state index is 12.2. The van der Waals surface area contributed by atoms with Crippen LogP contribution in [0.25, 0.3) is 0 Å². The third-order valence-electron chi connectivity index (χ3n) is 3.05. The van der Waals surface area contributed by atoms with Crippen molar-refractivity contribution < 1.29 is 9.90 Å². The molecule has 108 valence electrons. The van der Waals surface area contributed by atoms with Crippen molar-refractivity contribution in [2.75, 3.05) is 25.0 Å². The number of aliphatic hydroxyl groups is 1. The van der Waals surface area contributed by atoms with Crippen molar-refractivity contribution in [3.8, 4) is 6.07 Å². The van der Waals surface area contributed by atoms with Gasteiger partial charge in [-0.05, 0) is 31.0 Å². The van der Waals surface area contributed by atoms with Gasteiger partial charge in [-0.2, -0.15) is 5.26 Å². The number of rotatable bonds is 6. The topological polar surface area (TPSA) is 76.4 Å². The van der Waals surface area contributed by atoms with Crippen LogP contribution in [0.1, 0.15) is 30.9 Å². The van der Waals surface area contributed by atoms with E-state index in [4.69, 9.17) is 10.4 Å². The number of unbranched alkanes of at least 4 members (excludes halogenated alkanes) is 1. The van der Waals surface area contributed by atoms with E-state index in [2.05, 4.69) is 18.3 Å². The van der Waals surface area contributed by atoms with Gasteiger partial charge < -0.3 is 15.3 Å². The lowest BCUT2D eigenvalue weighted by atomic mass is 10.1. The number of anilines is 1. The van der Waals surface area contributed by atoms with Gasteiger partial charge >= 0.3 is 6.03 Å². The summed E-state index contributed by atoms with van der Waals surface area (Å²) in [7, 11) is 0. The fourth-order valence-corrected chi connectivity index (χ4v) is 1.81. The van der Waals surface area contributed by atoms with Gasteiger partial charge in [-0.3, -0.25) is 0 Å². The van der Waals surface area contributed by atoms with Crippen LogP contribution in [0, 0.1) is 18.3 Å². The second-order valence-corrected chi connectivity index (χ2v) is 4.64. The van der Waals surface area contributed by atoms with E-state index in [1.165, 1.54) is 0 Å². The molecule has 0 aliphatic rings. The molecule has 5 heteroatoms. The van der Waals surface area contributed by atoms with E-state index in [0.717, 1.165) is 18.4 Å². The molecule has 0 atom stereocenters. The molecular weight excluding hydrogens is 254 g/mol. The zero-order chi connectivity index (χ0) is 15.0. The molecule has 0 heterocycles. The van der Waals surface area contributed by atoms with E-state index in [1.807, 2.05) is 6.92 Å². The van der Waals surface area contributed by atoms with Crippen LogP contribution in [0.3, 0.4) is 0 Å². The minimum absolute atomic E-state index is 0.0612. The van der Waals surface area contributed by atoms with Gasteiger partial charge in [0.05, 0.1) is 18.2 Å². The highest BCUT2D eigenvalue weighted by Gasteiger charge is 2.13. The molecule has 0 bridgehead atoms. The Kier molecular flexibility index (Phi) is 6.54. The van der Waals surface area contributed by atoms with E-state index in [-0.39, 0.29) is 12.6 Å². The van der Waals surface area contributed by atoms with Crippen LogP contribution in [0.5, 0.6) is 0 Å². The van der Waals surface area contributed by atoms with Gasteiger partial charge in [0.15, 0.2) is 0 Å². The number of hydrogen-bond acceptors (Lipinski definition) is 3. The predicted octanol–water partition coefficient (Wildman–Crippen LogP) is 2.49. The van der Waals surface area contributed by atoms with Gasteiger partial charge in [-0.1, -0.05) is 19.4 Å². The summed E-state index contributed by atoms with van der Waals surface area (Å²) < 4.78 is 0. The number of hydrogen-bond donors (Lipinski definition) is 2. The standard InChI is InChI=1S/C15H21N3O2/c1-3-4-7-18(8-9-19)15(20)17-14-10-13(11-16)6-5-12(14)2/h5-6,10,19H,3-4,7-9H2,1-2H3,(H,17,20). The van der Waals surface area contributed by atoms with Crippen molar-refractivity contribution in [1.29, 1.82) is 5.26 Å². The number of benzene rings is 1. The molecule has 1 aromatic rings. The number of carbonyl (C=O) groups excluding carboxylic acids is 1. The Balaban J connectivity index is 2.79. The van der Waals surface area contributed by atoms with Crippen molar-refractivity contribution in [1.82, 2.24) is 4.90 Å². The summed E-state index contributed by atoms with van der Waals surface area (Å²) in [5.41, 5.74) is 2.04. The number of carbonyl (C=O) groups is 1. The normalized spacial score (nSPS) is 9.90. The van der Waals surface area contributed by atoms with E-state index < -0.39 is 0 Å². The number of nitrogens with zero attached hydrogens (tertiary/aromatic N) is 2. The first-order valence-corrected chi connectivity index (χ1v) is 6.80. The van der Waals surface area contributed by atoms with E-state index >= 15 is 0 Å². The van der Waals surface area contributed by atoms with Gasteiger partial charge in [0.2, 0.25) is 0 Å². The van der Waals surface area contributed by atoms with Crippen molar-refractivity contribution >= 4 is 11.7 Å². The Hall–Kier alpha value is -2.06. The Morgan fingerprint density at radius 2 is 2.20 bits per heavy atom. The number of amides is 2. The SMILES string of the molecule is CCCCN(CCO)C(=O)Nc1cc(C#N)ccc1C. The third-order valence-corrected chi connectivity index (χ3v) is 3.05. The van der Waals surface area contributed by atoms with Crippen LogP contribution in [0.4, 0.5) is 10.5 Å². The van der Waals surface area contributed by atoms with Crippen LogP contribution in [0.2, 0.25) is 0 Å². The fraction of sp³-hybridized carbons (Fsp3) is 0.467. The minimum atomic E-state index is -0.245. The lowest BCUT2D eigenvalue weighted by molar-refractivity contribution is 0.187. The van der Waals surface area contributed by atoms with Crippen molar-refractivity contribution in [2.24, 2.45) is 0 Å². The molecule has 20 heavy (non-hydrogen) atoms. The summed E-state index contributed by atoms with van der Waals surface area (Å²) in [6, 6.07) is 6.98. The number of aryl methyl sites for hydroxylation is 1. The Morgan fingerprint density at radius 3 is 2.80 bits per heavy atom. The molecule has 5 nitrogen and oxygen atoms in total. The fourth-order valence-electron chi connectivity index (χ4n) is 1.81. The van der Waals surface area contributed by atoms with E-state index in [9.17, 15) is 4.79 Å². The average molecular weight is 275 g/mol. The summed E-state index contributed by atoms with van der Waals surface area (Å²) >= 11 is 0. The van der Waals surface area contributed by atoms with Gasteiger partial charge in [0, 0.05) is 18.8 Å². The first kappa shape index (κ1) is 16.0. The first-order chi connectivity index (χ1) is 9.62. The summed E-state index contributed by atoms with van der Waals surface area (Å²) in [5, 5.41) is 20.7. The number of urea groups is 1. The highest BCUT2D eigenvalue weighted by molar-refractivity contribution is 5.90. The van der Waals surface area contributed by atoms with Crippen molar-refractivity contribution in [3.63, 3.8) is 0 Å². The minimum Gasteiger partial charge on any atom is -0.395 e. The molecule has 1 rings (SSSR count). The molecular formula is C15H21N3O2. The summed E-state index contributed by atoms with van der Waals surface area (Å²) in [5.74, 6) is 0. The summed E-state index contributed by atoms with van der Waals surface area (Å²) in [6.07, 6.45) is 1.88. The van der Waals surface area contributed by atoms with Crippen LogP contribution in [0.15, 0.2) is 18.2 Å². The van der Waals surface area contributed by atoms with Crippen molar-refractivity contribution in [2.45, 2.75) is 26.7 Å². The van der Waals surface area contributed by atoms with Crippen molar-refractivity contribution in [3.05, 3.63) is 29.3 Å². The lowest BCUT2D eigenvalue weighted by Crippen LogP contribution is -2.37. The third kappa shape index (κ3) is 4.56. The maximum Gasteiger partial charge on any atom is 0.321 e. The maximum atomic E-state index is 12.2. The molecule has 0 unspecified atom stereocenters. The van der Waals surface area contributed by atoms with Crippen LogP contribution in [-0.4, -0.2) is 35.7 Å². The molecule has 2 N–H and O–H groups in total. The Morgan fingerprint density at radius 1 is 1.45 bits per heavy atom. The average Bonchev–Trinajstić information content (AvgIpc) is 2.45. The number of aliphatic hydroxyl groups excluding tert-OH is 1. The van der Waals surface area contributed by atoms with Crippen LogP contribution in [-0.2, 0) is 0 Å². The zero-order valence-corrected chi connectivity index (χ0v) is 12.0. The van der Waals surface area contributed by atoms with E-state index in [0.29, 0.717) is 24.3 Å². The predicted molar refractivity (Wildman–Crippen MR) is 78.5 cm³/mol. The van der Waals surface area contributed by atoms with Gasteiger partial charge in [0.25, 0.3) is 0 Å². The Bertz CT molecular complexity index is 494. The first-order valence-electron chi connectivity index (χ1n) is 6.80. The van der Waals surface area contributed by atoms with Crippen LogP contribution >= 0.6 is 0 Å². The second-order valence-electron chi connectivity index (χ2n) is 4.64. The van der Waals surface area contributed by atoms with E-state index in [1.54, 1.807) is 23.1 Å². The quantitative estimate of drug-likeness (QED) is 0.837. The molecule has 0 fully saturated rings. The number of nitriles is 1. The lowest BCUT2D eigenvalue weighted by Gasteiger charge is -2.22. The molecule has 2 amide bonds. The Labute approximate surface area is 119 Å². The highest BCUT2D eigenvalue weighted by atomic mass is 16.3. The van der Waals surface area contributed by atoms with Gasteiger partial charge in [-0.25, -0.2) is 4.79 Å². The van der Waals surface area contributed by atoms with Gasteiger partial charge in [0.1, 0.15) is 0 Å². The summed E-state index contributed by atoms with van der Waals surface area (Å²) in [6.45, 7) is 4.78. The number of nitrogens with one attached hydrogen (secondary N) is 1. The molecule has 0 spiro atoms. The molecule has 1 aromatic carbocycles. The largest absolute Gasteiger partial charge is 0.395 e.